The zero-order valence-corrected chi connectivity index (χ0v) is 22.9. The number of likely N-dealkylation sites (tertiary alicyclic amines) is 1. The number of carbonyl (C=O) groups excluding carboxylic acids is 3. The van der Waals surface area contributed by atoms with Crippen molar-refractivity contribution in [2.24, 2.45) is 5.92 Å². The summed E-state index contributed by atoms with van der Waals surface area (Å²) in [6.45, 7) is 4.01. The predicted octanol–water partition coefficient (Wildman–Crippen LogP) is 3.84. The zero-order chi connectivity index (χ0) is 27.8. The summed E-state index contributed by atoms with van der Waals surface area (Å²) >= 11 is 0. The smallest absolute Gasteiger partial charge is 0.409 e. The lowest BCUT2D eigenvalue weighted by Crippen LogP contribution is -2.39. The number of pyridine rings is 1. The summed E-state index contributed by atoms with van der Waals surface area (Å²) < 4.78 is 9.27. The minimum absolute atomic E-state index is 0.188. The van der Waals surface area contributed by atoms with E-state index in [-0.39, 0.29) is 17.7 Å². The summed E-state index contributed by atoms with van der Waals surface area (Å²) in [4.78, 5) is 52.6. The van der Waals surface area contributed by atoms with Crippen molar-refractivity contribution in [3.05, 3.63) is 54.2 Å². The number of aryl methyl sites for hydroxylation is 1. The molecule has 0 atom stereocenters. The summed E-state index contributed by atoms with van der Waals surface area (Å²) in [6.07, 6.45) is 6.24. The van der Waals surface area contributed by atoms with Crippen LogP contribution >= 0.6 is 0 Å². The Hall–Kier alpha value is -4.41. The molecule has 1 saturated heterocycles. The molecule has 39 heavy (non-hydrogen) atoms. The molecule has 1 aliphatic heterocycles. The van der Waals surface area contributed by atoms with E-state index in [0.717, 1.165) is 36.2 Å². The van der Waals surface area contributed by atoms with Crippen LogP contribution in [0, 0.1) is 12.8 Å². The maximum Gasteiger partial charge on any atom is 0.414 e. The van der Waals surface area contributed by atoms with Crippen molar-refractivity contribution >= 4 is 40.0 Å². The molecule has 204 valence electrons. The molecule has 11 nitrogen and oxygen atoms in total. The van der Waals surface area contributed by atoms with Gasteiger partial charge in [0.1, 0.15) is 17.1 Å². The highest BCUT2D eigenvalue weighted by Crippen LogP contribution is 2.33. The van der Waals surface area contributed by atoms with Gasteiger partial charge in [0.2, 0.25) is 0 Å². The average Bonchev–Trinajstić information content (AvgIpc) is 3.46. The van der Waals surface area contributed by atoms with Crippen LogP contribution in [-0.2, 0) is 6.54 Å². The van der Waals surface area contributed by atoms with E-state index in [4.69, 9.17) is 4.74 Å². The van der Waals surface area contributed by atoms with Gasteiger partial charge in [0.05, 0.1) is 28.2 Å². The zero-order valence-electron chi connectivity index (χ0n) is 22.9. The molecule has 0 radical (unpaired) electrons. The molecule has 0 unspecified atom stereocenters. The Labute approximate surface area is 226 Å². The van der Waals surface area contributed by atoms with Crippen LogP contribution < -0.4 is 4.74 Å². The fraction of sp³-hybridized carbons (Fsp3) is 0.393. The number of benzene rings is 1. The van der Waals surface area contributed by atoms with Crippen molar-refractivity contribution in [1.29, 1.82) is 0 Å². The second-order valence-electron chi connectivity index (χ2n) is 10.4. The van der Waals surface area contributed by atoms with Gasteiger partial charge in [-0.2, -0.15) is 0 Å². The molecule has 1 aromatic carbocycles. The Morgan fingerprint density at radius 2 is 1.77 bits per heavy atom. The van der Waals surface area contributed by atoms with Crippen LogP contribution in [0.5, 0.6) is 5.75 Å². The molecule has 0 spiro atoms. The van der Waals surface area contributed by atoms with E-state index in [0.29, 0.717) is 35.5 Å². The molecule has 3 amide bonds. The summed E-state index contributed by atoms with van der Waals surface area (Å²) in [5, 5.41) is 0.448. The van der Waals surface area contributed by atoms with Gasteiger partial charge in [-0.15, -0.1) is 0 Å². The minimum Gasteiger partial charge on any atom is -0.409 e. The first-order valence-corrected chi connectivity index (χ1v) is 13.0. The van der Waals surface area contributed by atoms with Gasteiger partial charge in [0.25, 0.3) is 5.91 Å². The van der Waals surface area contributed by atoms with Crippen LogP contribution in [0.15, 0.2) is 42.9 Å². The third-order valence-electron chi connectivity index (χ3n) is 7.26. The van der Waals surface area contributed by atoms with Crippen LogP contribution in [0.3, 0.4) is 0 Å². The van der Waals surface area contributed by atoms with E-state index in [1.807, 2.05) is 17.9 Å². The van der Waals surface area contributed by atoms with Crippen LogP contribution in [0.1, 0.15) is 29.0 Å². The standard InChI is InChI=1S/C28H33N7O4/c1-18-30-21-15-29-12-9-22(21)34(18)16-19-10-13-33(14-11-19)26(36)20-17-35(27(37)31(2)3)23-7-6-8-24(25(20)23)39-28(38)32(4)5/h6-9,12,15,17,19H,10-11,13-14,16H2,1-5H3. The molecule has 3 aromatic heterocycles. The summed E-state index contributed by atoms with van der Waals surface area (Å²) in [5.74, 6) is 1.40. The number of fused-ring (bicyclic) bond motifs is 2. The van der Waals surface area contributed by atoms with Gasteiger partial charge in [-0.05, 0) is 43.9 Å². The van der Waals surface area contributed by atoms with Gasteiger partial charge < -0.3 is 24.0 Å². The molecule has 0 saturated carbocycles. The quantitative estimate of drug-likeness (QED) is 0.396. The fourth-order valence-electron chi connectivity index (χ4n) is 5.14. The van der Waals surface area contributed by atoms with Crippen molar-refractivity contribution < 1.29 is 19.1 Å². The topological polar surface area (TPSA) is 106 Å². The normalized spacial score (nSPS) is 14.1. The van der Waals surface area contributed by atoms with Crippen molar-refractivity contribution in [3.8, 4) is 5.75 Å². The van der Waals surface area contributed by atoms with Gasteiger partial charge in [0, 0.05) is 60.2 Å². The highest BCUT2D eigenvalue weighted by atomic mass is 16.6. The van der Waals surface area contributed by atoms with Crippen LogP contribution in [0.2, 0.25) is 0 Å². The largest absolute Gasteiger partial charge is 0.414 e. The van der Waals surface area contributed by atoms with Gasteiger partial charge >= 0.3 is 12.1 Å². The molecule has 11 heteroatoms. The molecular weight excluding hydrogens is 498 g/mol. The third kappa shape index (κ3) is 4.91. The monoisotopic (exact) mass is 531 g/mol. The molecule has 0 N–H and O–H groups in total. The highest BCUT2D eigenvalue weighted by molar-refractivity contribution is 6.11. The first kappa shape index (κ1) is 26.2. The van der Waals surface area contributed by atoms with Crippen molar-refractivity contribution in [1.82, 2.24) is 33.8 Å². The Morgan fingerprint density at radius 1 is 1.03 bits per heavy atom. The molecule has 1 fully saturated rings. The van der Waals surface area contributed by atoms with E-state index in [2.05, 4.69) is 14.5 Å². The molecule has 4 aromatic rings. The molecule has 0 bridgehead atoms. The Bertz CT molecular complexity index is 1560. The van der Waals surface area contributed by atoms with E-state index in [1.54, 1.807) is 65.0 Å². The van der Waals surface area contributed by atoms with Gasteiger partial charge in [-0.25, -0.2) is 14.6 Å². The van der Waals surface area contributed by atoms with Gasteiger partial charge in [0.15, 0.2) is 0 Å². The SMILES string of the molecule is Cc1nc2cnccc2n1CC1CCN(C(=O)c2cn(C(=O)N(C)C)c3cccc(OC(=O)N(C)C)c23)CC1. The second kappa shape index (κ2) is 10.4. The summed E-state index contributed by atoms with van der Waals surface area (Å²) in [7, 11) is 6.48. The number of hydrogen-bond donors (Lipinski definition) is 0. The average molecular weight is 532 g/mol. The summed E-state index contributed by atoms with van der Waals surface area (Å²) in [5.41, 5.74) is 2.80. The summed E-state index contributed by atoms with van der Waals surface area (Å²) in [6, 6.07) is 6.79. The van der Waals surface area contributed by atoms with Gasteiger partial charge in [-0.3, -0.25) is 14.3 Å². The fourth-order valence-corrected chi connectivity index (χ4v) is 5.14. The Kier molecular flexibility index (Phi) is 6.98. The minimum atomic E-state index is -0.563. The van der Waals surface area contributed by atoms with E-state index < -0.39 is 6.09 Å². The first-order chi connectivity index (χ1) is 18.7. The highest BCUT2D eigenvalue weighted by Gasteiger charge is 2.29. The van der Waals surface area contributed by atoms with Gasteiger partial charge in [-0.1, -0.05) is 6.07 Å². The Balaban J connectivity index is 1.40. The number of imidazole rings is 1. The second-order valence-corrected chi connectivity index (χ2v) is 10.4. The maximum absolute atomic E-state index is 13.9. The van der Waals surface area contributed by atoms with E-state index in [9.17, 15) is 14.4 Å². The molecular formula is C28H33N7O4. The van der Waals surface area contributed by atoms with Crippen LogP contribution in [0.4, 0.5) is 9.59 Å². The number of piperidine rings is 1. The predicted molar refractivity (Wildman–Crippen MR) is 147 cm³/mol. The molecule has 4 heterocycles. The van der Waals surface area contributed by atoms with E-state index >= 15 is 0 Å². The lowest BCUT2D eigenvalue weighted by molar-refractivity contribution is 0.0684. The van der Waals surface area contributed by atoms with Crippen molar-refractivity contribution in [2.45, 2.75) is 26.3 Å². The molecule has 0 aliphatic carbocycles. The lowest BCUT2D eigenvalue weighted by Gasteiger charge is -2.32. The number of hydrogen-bond acceptors (Lipinski definition) is 6. The number of rotatable bonds is 4. The number of aromatic nitrogens is 4. The third-order valence-corrected chi connectivity index (χ3v) is 7.26. The number of amides is 3. The maximum atomic E-state index is 13.9. The van der Waals surface area contributed by atoms with Crippen molar-refractivity contribution in [3.63, 3.8) is 0 Å². The lowest BCUT2D eigenvalue weighted by atomic mass is 9.96. The number of carbonyl (C=O) groups is 3. The van der Waals surface area contributed by atoms with E-state index in [1.165, 1.54) is 14.4 Å². The molecule has 1 aliphatic rings. The first-order valence-electron chi connectivity index (χ1n) is 13.0. The molecule has 5 rings (SSSR count). The van der Waals surface area contributed by atoms with Crippen LogP contribution in [-0.4, -0.2) is 93.1 Å². The van der Waals surface area contributed by atoms with Crippen LogP contribution in [0.25, 0.3) is 21.9 Å². The number of ether oxygens (including phenoxy) is 1. The van der Waals surface area contributed by atoms with Crippen molar-refractivity contribution in [2.75, 3.05) is 41.3 Å². The number of nitrogens with zero attached hydrogens (tertiary/aromatic N) is 7. The Morgan fingerprint density at radius 3 is 2.46 bits per heavy atom.